The lowest BCUT2D eigenvalue weighted by molar-refractivity contribution is -0.0652. The van der Waals surface area contributed by atoms with E-state index in [0.29, 0.717) is 25.7 Å². The molecule has 2 fully saturated rings. The molecular weight excluding hydrogens is 153 g/mol. The van der Waals surface area contributed by atoms with Gasteiger partial charge in [-0.3, -0.25) is 0 Å². The van der Waals surface area contributed by atoms with Gasteiger partial charge in [0.05, 0.1) is 0 Å². The van der Waals surface area contributed by atoms with Crippen molar-refractivity contribution in [1.82, 2.24) is 0 Å². The Morgan fingerprint density at radius 3 is 1.55 bits per heavy atom. The Balaban J connectivity index is 2.10. The van der Waals surface area contributed by atoms with Gasteiger partial charge in [0, 0.05) is 0 Å². The van der Waals surface area contributed by atoms with Crippen LogP contribution in [0.1, 0.15) is 25.7 Å². The van der Waals surface area contributed by atoms with Crippen LogP contribution >= 0.6 is 0 Å². The van der Waals surface area contributed by atoms with Gasteiger partial charge in [-0.25, -0.2) is 13.2 Å². The molecule has 0 unspecified atom stereocenters. The van der Waals surface area contributed by atoms with Crippen molar-refractivity contribution in [2.45, 2.75) is 37.8 Å². The summed E-state index contributed by atoms with van der Waals surface area (Å²) < 4.78 is 38.1. The highest BCUT2D eigenvalue weighted by molar-refractivity contribution is 5.05. The van der Waals surface area contributed by atoms with Gasteiger partial charge in [0.25, 0.3) is 6.43 Å². The second-order valence-corrected chi connectivity index (χ2v) is 3.68. The molecule has 0 atom stereocenters. The summed E-state index contributed by atoms with van der Waals surface area (Å²) in [5, 5.41) is 0. The lowest BCUT2D eigenvalue weighted by Crippen LogP contribution is -2.37. The molecule has 0 aromatic heterocycles. The minimum absolute atomic E-state index is 0.324. The molecule has 2 saturated carbocycles. The van der Waals surface area contributed by atoms with Gasteiger partial charge < -0.3 is 0 Å². The minimum Gasteiger partial charge on any atom is -0.237 e. The van der Waals surface area contributed by atoms with E-state index in [2.05, 4.69) is 0 Å². The summed E-state index contributed by atoms with van der Waals surface area (Å²) in [6.45, 7) is 0. The molecular formula is C8H11F3. The van der Waals surface area contributed by atoms with E-state index in [1.807, 2.05) is 0 Å². The maximum absolute atomic E-state index is 13.5. The van der Waals surface area contributed by atoms with Crippen LogP contribution in [0.15, 0.2) is 0 Å². The molecule has 0 amide bonds. The van der Waals surface area contributed by atoms with Crippen LogP contribution in [0.25, 0.3) is 0 Å². The third kappa shape index (κ3) is 1.05. The van der Waals surface area contributed by atoms with Gasteiger partial charge in [0.15, 0.2) is 5.67 Å². The Kier molecular flexibility index (Phi) is 1.45. The van der Waals surface area contributed by atoms with Crippen LogP contribution in [0, 0.1) is 11.8 Å². The minimum atomic E-state index is -2.76. The van der Waals surface area contributed by atoms with Gasteiger partial charge in [0.2, 0.25) is 0 Å². The van der Waals surface area contributed by atoms with Crippen molar-refractivity contribution >= 4 is 0 Å². The van der Waals surface area contributed by atoms with Crippen molar-refractivity contribution < 1.29 is 13.2 Å². The summed E-state index contributed by atoms with van der Waals surface area (Å²) in [5.74, 6) is -0.648. The molecule has 0 N–H and O–H groups in total. The molecule has 3 heteroatoms. The summed E-state index contributed by atoms with van der Waals surface area (Å²) in [6.07, 6.45) is -0.105. The van der Waals surface area contributed by atoms with E-state index >= 15 is 0 Å². The zero-order valence-corrected chi connectivity index (χ0v) is 6.19. The molecule has 0 heterocycles. The largest absolute Gasteiger partial charge is 0.272 e. The Labute approximate surface area is 63.8 Å². The van der Waals surface area contributed by atoms with Crippen molar-refractivity contribution in [3.63, 3.8) is 0 Å². The van der Waals surface area contributed by atoms with E-state index in [-0.39, 0.29) is 11.8 Å². The first-order valence-electron chi connectivity index (χ1n) is 4.12. The number of rotatable bonds is 3. The van der Waals surface area contributed by atoms with Crippen LogP contribution in [0.3, 0.4) is 0 Å². The van der Waals surface area contributed by atoms with Gasteiger partial charge in [-0.05, 0) is 37.5 Å². The molecule has 2 aliphatic carbocycles. The zero-order valence-electron chi connectivity index (χ0n) is 6.19. The van der Waals surface area contributed by atoms with E-state index in [1.165, 1.54) is 0 Å². The van der Waals surface area contributed by atoms with E-state index in [4.69, 9.17) is 0 Å². The molecule has 0 saturated heterocycles. The molecule has 2 aliphatic rings. The molecule has 11 heavy (non-hydrogen) atoms. The predicted octanol–water partition coefficient (Wildman–Crippen LogP) is 2.78. The molecule has 0 nitrogen and oxygen atoms in total. The van der Waals surface area contributed by atoms with E-state index in [1.54, 1.807) is 0 Å². The van der Waals surface area contributed by atoms with Gasteiger partial charge in [-0.2, -0.15) is 0 Å². The molecule has 64 valence electrons. The van der Waals surface area contributed by atoms with Crippen LogP contribution in [0.4, 0.5) is 13.2 Å². The highest BCUT2D eigenvalue weighted by Crippen LogP contribution is 2.56. The predicted molar refractivity (Wildman–Crippen MR) is 35.3 cm³/mol. The third-order valence-corrected chi connectivity index (χ3v) is 2.74. The lowest BCUT2D eigenvalue weighted by Gasteiger charge is -2.23. The monoisotopic (exact) mass is 164 g/mol. The average Bonchev–Trinajstić information content (AvgIpc) is 2.79. The molecule has 0 bridgehead atoms. The maximum Gasteiger partial charge on any atom is 0.272 e. The van der Waals surface area contributed by atoms with Crippen LogP contribution in [0.2, 0.25) is 0 Å². The molecule has 0 radical (unpaired) electrons. The summed E-state index contributed by atoms with van der Waals surface area (Å²) in [5.41, 5.74) is -2.11. The number of hydrogen-bond donors (Lipinski definition) is 0. The average molecular weight is 164 g/mol. The maximum atomic E-state index is 13.5. The quantitative estimate of drug-likeness (QED) is 0.601. The van der Waals surface area contributed by atoms with Gasteiger partial charge in [-0.1, -0.05) is 0 Å². The molecule has 0 aliphatic heterocycles. The SMILES string of the molecule is FC(F)C(F)(C1CC1)C1CC1. The topological polar surface area (TPSA) is 0 Å². The second kappa shape index (κ2) is 2.14. The van der Waals surface area contributed by atoms with Crippen molar-refractivity contribution in [3.8, 4) is 0 Å². The number of halogens is 3. The standard InChI is InChI=1S/C8H11F3/c9-7(10)8(11,5-1-2-5)6-3-4-6/h5-7H,1-4H2. The van der Waals surface area contributed by atoms with Crippen LogP contribution < -0.4 is 0 Å². The Hall–Kier alpha value is -0.210. The fraction of sp³-hybridized carbons (Fsp3) is 1.00. The van der Waals surface area contributed by atoms with Gasteiger partial charge in [0.1, 0.15) is 0 Å². The first-order chi connectivity index (χ1) is 5.15. The third-order valence-electron chi connectivity index (χ3n) is 2.74. The van der Waals surface area contributed by atoms with Crippen LogP contribution in [0.5, 0.6) is 0 Å². The summed E-state index contributed by atoms with van der Waals surface area (Å²) in [7, 11) is 0. The molecule has 2 rings (SSSR count). The van der Waals surface area contributed by atoms with Crippen molar-refractivity contribution in [3.05, 3.63) is 0 Å². The van der Waals surface area contributed by atoms with E-state index in [0.717, 1.165) is 0 Å². The van der Waals surface area contributed by atoms with Gasteiger partial charge in [-0.15, -0.1) is 0 Å². The smallest absolute Gasteiger partial charge is 0.237 e. The van der Waals surface area contributed by atoms with Crippen LogP contribution in [-0.4, -0.2) is 12.1 Å². The summed E-state index contributed by atoms with van der Waals surface area (Å²) in [6, 6.07) is 0. The Bertz CT molecular complexity index is 141. The first-order valence-corrected chi connectivity index (χ1v) is 4.12. The second-order valence-electron chi connectivity index (χ2n) is 3.68. The fourth-order valence-corrected chi connectivity index (χ4v) is 1.74. The molecule has 0 aromatic carbocycles. The van der Waals surface area contributed by atoms with Gasteiger partial charge >= 0.3 is 0 Å². The fourth-order valence-electron chi connectivity index (χ4n) is 1.74. The highest BCUT2D eigenvalue weighted by Gasteiger charge is 2.60. The number of alkyl halides is 3. The van der Waals surface area contributed by atoms with Crippen LogP contribution in [-0.2, 0) is 0 Å². The Morgan fingerprint density at radius 2 is 1.36 bits per heavy atom. The Morgan fingerprint density at radius 1 is 1.00 bits per heavy atom. The first kappa shape index (κ1) is 7.44. The highest BCUT2D eigenvalue weighted by atomic mass is 19.3. The summed E-state index contributed by atoms with van der Waals surface area (Å²) >= 11 is 0. The number of hydrogen-bond acceptors (Lipinski definition) is 0. The van der Waals surface area contributed by atoms with E-state index in [9.17, 15) is 13.2 Å². The molecule has 0 spiro atoms. The van der Waals surface area contributed by atoms with Crippen molar-refractivity contribution in [2.24, 2.45) is 11.8 Å². The lowest BCUT2D eigenvalue weighted by atomic mass is 9.95. The normalized spacial score (nSPS) is 26.2. The van der Waals surface area contributed by atoms with E-state index < -0.39 is 12.1 Å². The zero-order chi connectivity index (χ0) is 8.06. The van der Waals surface area contributed by atoms with Crippen molar-refractivity contribution in [1.29, 1.82) is 0 Å². The molecule has 0 aromatic rings. The van der Waals surface area contributed by atoms with Crippen molar-refractivity contribution in [2.75, 3.05) is 0 Å². The summed E-state index contributed by atoms with van der Waals surface area (Å²) in [4.78, 5) is 0.